The van der Waals surface area contributed by atoms with Crippen molar-refractivity contribution in [3.05, 3.63) is 0 Å². The van der Waals surface area contributed by atoms with Gasteiger partial charge in [0, 0.05) is 11.8 Å². The molecular weight excluding hydrogens is 258 g/mol. The number of hydrogen-bond acceptors (Lipinski definition) is 3. The summed E-state index contributed by atoms with van der Waals surface area (Å²) in [6.45, 7) is 10.9. The van der Waals surface area contributed by atoms with Crippen LogP contribution in [0.15, 0.2) is 0 Å². The van der Waals surface area contributed by atoms with Gasteiger partial charge in [0.1, 0.15) is 5.60 Å². The molecule has 0 unspecified atom stereocenters. The number of amides is 1. The summed E-state index contributed by atoms with van der Waals surface area (Å²) in [5.74, 6) is 1.26. The lowest BCUT2D eigenvalue weighted by Crippen LogP contribution is -2.32. The molecule has 19 heavy (non-hydrogen) atoms. The maximum Gasteiger partial charge on any atom is 0.407 e. The van der Waals surface area contributed by atoms with Crippen molar-refractivity contribution in [1.29, 1.82) is 0 Å². The Bertz CT molecular complexity index is 239. The lowest BCUT2D eigenvalue weighted by Gasteiger charge is -2.19. The third kappa shape index (κ3) is 13.8. The zero-order chi connectivity index (χ0) is 14.7. The van der Waals surface area contributed by atoms with Gasteiger partial charge in [-0.05, 0) is 45.8 Å². The van der Waals surface area contributed by atoms with Crippen LogP contribution < -0.4 is 5.32 Å². The van der Waals surface area contributed by atoms with E-state index < -0.39 is 5.60 Å². The van der Waals surface area contributed by atoms with Crippen LogP contribution in [0.5, 0.6) is 0 Å². The quantitative estimate of drug-likeness (QED) is 0.630. The van der Waals surface area contributed by atoms with Gasteiger partial charge < -0.3 is 10.1 Å². The maximum absolute atomic E-state index is 11.4. The molecule has 0 bridgehead atoms. The van der Waals surface area contributed by atoms with E-state index in [2.05, 4.69) is 30.9 Å². The lowest BCUT2D eigenvalue weighted by atomic mass is 10.2. The van der Waals surface area contributed by atoms with Crippen molar-refractivity contribution < 1.29 is 9.53 Å². The second kappa shape index (κ2) is 10.4. The van der Waals surface area contributed by atoms with Gasteiger partial charge in [0.2, 0.25) is 0 Å². The van der Waals surface area contributed by atoms with Gasteiger partial charge in [-0.3, -0.25) is 0 Å². The minimum absolute atomic E-state index is 0.306. The van der Waals surface area contributed by atoms with Crippen LogP contribution in [0, 0.1) is 0 Å². The molecule has 0 spiro atoms. The van der Waals surface area contributed by atoms with Gasteiger partial charge in [-0.15, -0.1) is 0 Å². The Balaban J connectivity index is 3.30. The maximum atomic E-state index is 11.4. The van der Waals surface area contributed by atoms with E-state index in [0.717, 1.165) is 11.7 Å². The predicted molar refractivity (Wildman–Crippen MR) is 84.9 cm³/mol. The van der Waals surface area contributed by atoms with Crippen molar-refractivity contribution in [3.8, 4) is 0 Å². The highest BCUT2D eigenvalue weighted by molar-refractivity contribution is 7.99. The summed E-state index contributed by atoms with van der Waals surface area (Å²) in [5.41, 5.74) is -0.405. The Hall–Kier alpha value is -0.380. The summed E-state index contributed by atoms with van der Waals surface area (Å²) in [6.07, 6.45) is 5.69. The summed E-state index contributed by atoms with van der Waals surface area (Å²) >= 11 is 2.06. The lowest BCUT2D eigenvalue weighted by molar-refractivity contribution is 0.0527. The van der Waals surface area contributed by atoms with Crippen LogP contribution in [0.3, 0.4) is 0 Å². The highest BCUT2D eigenvalue weighted by Crippen LogP contribution is 2.16. The number of ether oxygens (including phenoxy) is 1. The third-order valence-corrected chi connectivity index (χ3v) is 4.14. The Kier molecular flexibility index (Phi) is 10.2. The number of hydrogen-bond donors (Lipinski definition) is 1. The zero-order valence-electron chi connectivity index (χ0n) is 13.3. The number of carbonyl (C=O) groups is 1. The average molecular weight is 289 g/mol. The van der Waals surface area contributed by atoms with E-state index >= 15 is 0 Å². The second-order valence-corrected chi connectivity index (χ2v) is 7.48. The topological polar surface area (TPSA) is 38.3 Å². The number of alkyl carbamates (subject to hydrolysis) is 1. The fourth-order valence-corrected chi connectivity index (χ4v) is 2.50. The molecule has 1 amide bonds. The number of thioether (sulfide) groups is 1. The van der Waals surface area contributed by atoms with Crippen LogP contribution in [0.1, 0.15) is 66.7 Å². The van der Waals surface area contributed by atoms with Crippen molar-refractivity contribution in [2.24, 2.45) is 0 Å². The van der Waals surface area contributed by atoms with Crippen LogP contribution in [-0.2, 0) is 4.74 Å². The van der Waals surface area contributed by atoms with Crippen molar-refractivity contribution in [1.82, 2.24) is 5.32 Å². The molecule has 0 fully saturated rings. The van der Waals surface area contributed by atoms with E-state index in [1.165, 1.54) is 31.4 Å². The van der Waals surface area contributed by atoms with Crippen molar-refractivity contribution in [2.45, 2.75) is 77.6 Å². The van der Waals surface area contributed by atoms with Crippen LogP contribution in [0.4, 0.5) is 4.79 Å². The second-order valence-electron chi connectivity index (χ2n) is 5.93. The van der Waals surface area contributed by atoms with E-state index in [4.69, 9.17) is 4.74 Å². The minimum atomic E-state index is -0.405. The SMILES string of the molecule is CC[C@H](C)SCCCCCCNC(=O)OC(C)(C)C. The van der Waals surface area contributed by atoms with Gasteiger partial charge in [0.25, 0.3) is 0 Å². The van der Waals surface area contributed by atoms with E-state index in [1.807, 2.05) is 20.8 Å². The number of carbonyl (C=O) groups excluding carboxylic acids is 1. The first-order chi connectivity index (χ1) is 8.85. The normalized spacial score (nSPS) is 13.1. The Morgan fingerprint density at radius 1 is 1.21 bits per heavy atom. The Morgan fingerprint density at radius 3 is 2.42 bits per heavy atom. The highest BCUT2D eigenvalue weighted by Gasteiger charge is 2.15. The van der Waals surface area contributed by atoms with Crippen molar-refractivity contribution in [3.63, 3.8) is 0 Å². The largest absolute Gasteiger partial charge is 0.444 e. The van der Waals surface area contributed by atoms with Crippen LogP contribution in [0.25, 0.3) is 0 Å². The molecule has 0 aromatic heterocycles. The van der Waals surface area contributed by atoms with Gasteiger partial charge in [0.15, 0.2) is 0 Å². The van der Waals surface area contributed by atoms with Gasteiger partial charge >= 0.3 is 6.09 Å². The fourth-order valence-electron chi connectivity index (χ4n) is 1.49. The molecule has 0 aromatic rings. The zero-order valence-corrected chi connectivity index (χ0v) is 14.1. The van der Waals surface area contributed by atoms with E-state index in [1.54, 1.807) is 0 Å². The summed E-state index contributed by atoms with van der Waals surface area (Å²) in [4.78, 5) is 11.4. The molecule has 114 valence electrons. The fraction of sp³-hybridized carbons (Fsp3) is 0.933. The molecule has 0 rings (SSSR count). The highest BCUT2D eigenvalue weighted by atomic mass is 32.2. The molecule has 1 N–H and O–H groups in total. The summed E-state index contributed by atoms with van der Waals surface area (Å²) in [7, 11) is 0. The van der Waals surface area contributed by atoms with Crippen molar-refractivity contribution >= 4 is 17.9 Å². The smallest absolute Gasteiger partial charge is 0.407 e. The Labute approximate surface area is 123 Å². The standard InChI is InChI=1S/C15H31NO2S/c1-6-13(2)19-12-10-8-7-9-11-16-14(17)18-15(3,4)5/h13H,6-12H2,1-5H3,(H,16,17)/t13-/m0/s1. The first kappa shape index (κ1) is 18.6. The molecule has 4 heteroatoms. The molecule has 0 aliphatic heterocycles. The number of nitrogens with one attached hydrogen (secondary N) is 1. The van der Waals surface area contributed by atoms with Crippen LogP contribution in [-0.4, -0.2) is 29.2 Å². The van der Waals surface area contributed by atoms with Crippen LogP contribution in [0.2, 0.25) is 0 Å². The van der Waals surface area contributed by atoms with E-state index in [0.29, 0.717) is 6.54 Å². The molecule has 0 aromatic carbocycles. The molecule has 0 radical (unpaired) electrons. The number of unbranched alkanes of at least 4 members (excludes halogenated alkanes) is 3. The van der Waals surface area contributed by atoms with Gasteiger partial charge in [-0.2, -0.15) is 11.8 Å². The molecule has 0 saturated carbocycles. The summed E-state index contributed by atoms with van der Waals surface area (Å²) in [6, 6.07) is 0. The molecule has 1 atom stereocenters. The first-order valence-electron chi connectivity index (χ1n) is 7.43. The minimum Gasteiger partial charge on any atom is -0.444 e. The molecule has 0 aliphatic rings. The first-order valence-corrected chi connectivity index (χ1v) is 8.48. The van der Waals surface area contributed by atoms with Crippen LogP contribution >= 0.6 is 11.8 Å². The molecule has 3 nitrogen and oxygen atoms in total. The molecule has 0 aliphatic carbocycles. The number of rotatable bonds is 9. The average Bonchev–Trinajstić information content (AvgIpc) is 2.29. The molecular formula is C15H31NO2S. The van der Waals surface area contributed by atoms with Gasteiger partial charge in [-0.25, -0.2) is 4.79 Å². The van der Waals surface area contributed by atoms with E-state index in [9.17, 15) is 4.79 Å². The van der Waals surface area contributed by atoms with Gasteiger partial charge in [0.05, 0.1) is 0 Å². The summed E-state index contributed by atoms with van der Waals surface area (Å²) < 4.78 is 5.17. The molecule has 0 heterocycles. The van der Waals surface area contributed by atoms with E-state index in [-0.39, 0.29) is 6.09 Å². The third-order valence-electron chi connectivity index (χ3n) is 2.72. The predicted octanol–water partition coefficient (Wildman–Crippen LogP) is 4.60. The summed E-state index contributed by atoms with van der Waals surface area (Å²) in [5, 5.41) is 3.58. The van der Waals surface area contributed by atoms with Gasteiger partial charge in [-0.1, -0.05) is 26.7 Å². The monoisotopic (exact) mass is 289 g/mol. The van der Waals surface area contributed by atoms with Crippen molar-refractivity contribution in [2.75, 3.05) is 12.3 Å². The Morgan fingerprint density at radius 2 is 1.84 bits per heavy atom. The molecule has 0 saturated heterocycles.